The third-order valence-electron chi connectivity index (χ3n) is 1.49. The summed E-state index contributed by atoms with van der Waals surface area (Å²) < 4.78 is 12.2. The number of hydrogen-bond donors (Lipinski definition) is 2. The number of carboxylic acid groups (broad SMARTS) is 1. The van der Waals surface area contributed by atoms with Gasteiger partial charge in [0, 0.05) is 6.20 Å². The Morgan fingerprint density at radius 3 is 2.77 bits per heavy atom. The van der Waals surface area contributed by atoms with E-state index >= 15 is 0 Å². The number of carbonyl (C=O) groups is 1. The molecule has 70 valence electrons. The van der Waals surface area contributed by atoms with Crippen LogP contribution in [0.3, 0.4) is 0 Å². The van der Waals surface area contributed by atoms with E-state index in [9.17, 15) is 14.0 Å². The molecule has 1 aromatic rings. The fraction of sp³-hybridized carbons (Fsp3) is 0.143. The van der Waals surface area contributed by atoms with Gasteiger partial charge in [0.1, 0.15) is 6.67 Å². The van der Waals surface area contributed by atoms with Crippen LogP contribution in [0.1, 0.15) is 15.9 Å². The monoisotopic (exact) mass is 205 g/mol. The summed E-state index contributed by atoms with van der Waals surface area (Å²) in [5.41, 5.74) is -1.38. The zero-order valence-electron chi connectivity index (χ0n) is 6.30. The van der Waals surface area contributed by atoms with Crippen molar-refractivity contribution in [2.45, 2.75) is 6.67 Å². The molecule has 0 unspecified atom stereocenters. The maximum atomic E-state index is 12.2. The molecule has 1 heterocycles. The first-order valence-corrected chi connectivity index (χ1v) is 3.65. The molecule has 0 aromatic carbocycles. The number of rotatable bonds is 2. The maximum absolute atomic E-state index is 12.2. The lowest BCUT2D eigenvalue weighted by atomic mass is 10.2. The molecule has 0 amide bonds. The van der Waals surface area contributed by atoms with Crippen molar-refractivity contribution in [3.8, 4) is 0 Å². The normalized spacial score (nSPS) is 10.0. The van der Waals surface area contributed by atoms with E-state index in [1.165, 1.54) is 0 Å². The maximum Gasteiger partial charge on any atom is 0.338 e. The minimum atomic E-state index is -1.31. The van der Waals surface area contributed by atoms with Crippen molar-refractivity contribution in [2.24, 2.45) is 0 Å². The first-order chi connectivity index (χ1) is 6.07. The van der Waals surface area contributed by atoms with Gasteiger partial charge in [-0.05, 0) is 0 Å². The van der Waals surface area contributed by atoms with Crippen LogP contribution in [0.25, 0.3) is 0 Å². The second kappa shape index (κ2) is 3.57. The van der Waals surface area contributed by atoms with Crippen LogP contribution in [0.5, 0.6) is 0 Å². The Labute approximate surface area is 77.0 Å². The van der Waals surface area contributed by atoms with E-state index in [0.717, 1.165) is 6.20 Å². The van der Waals surface area contributed by atoms with Gasteiger partial charge in [0.15, 0.2) is 0 Å². The van der Waals surface area contributed by atoms with Crippen LogP contribution in [-0.2, 0) is 6.67 Å². The summed E-state index contributed by atoms with van der Waals surface area (Å²) >= 11 is 5.47. The molecule has 1 rings (SSSR count). The van der Waals surface area contributed by atoms with Gasteiger partial charge in [-0.15, -0.1) is 0 Å². The first-order valence-electron chi connectivity index (χ1n) is 3.27. The summed E-state index contributed by atoms with van der Waals surface area (Å²) in [7, 11) is 0. The number of aromatic amines is 1. The molecule has 6 heteroatoms. The number of aromatic nitrogens is 1. The van der Waals surface area contributed by atoms with Gasteiger partial charge in [-0.25, -0.2) is 9.18 Å². The zero-order valence-corrected chi connectivity index (χ0v) is 7.06. The Bertz CT molecular complexity index is 401. The van der Waals surface area contributed by atoms with Crippen LogP contribution >= 0.6 is 11.6 Å². The average Bonchev–Trinajstić information content (AvgIpc) is 2.04. The molecule has 1 aromatic heterocycles. The number of carboxylic acids is 1. The summed E-state index contributed by atoms with van der Waals surface area (Å²) in [6.45, 7) is -1.09. The Hall–Kier alpha value is -1.36. The fourth-order valence-electron chi connectivity index (χ4n) is 0.825. The molecule has 0 aliphatic heterocycles. The highest BCUT2D eigenvalue weighted by Crippen LogP contribution is 2.17. The van der Waals surface area contributed by atoms with Crippen molar-refractivity contribution in [2.75, 3.05) is 0 Å². The number of halogens is 2. The molecule has 0 aliphatic carbocycles. The van der Waals surface area contributed by atoms with E-state index in [1.807, 2.05) is 0 Å². The number of aromatic carboxylic acids is 1. The average molecular weight is 206 g/mol. The lowest BCUT2D eigenvalue weighted by Crippen LogP contribution is -2.15. The van der Waals surface area contributed by atoms with E-state index in [4.69, 9.17) is 16.7 Å². The molecule has 0 saturated heterocycles. The lowest BCUT2D eigenvalue weighted by Gasteiger charge is -2.00. The largest absolute Gasteiger partial charge is 0.478 e. The molecule has 0 saturated carbocycles. The van der Waals surface area contributed by atoms with Crippen molar-refractivity contribution < 1.29 is 14.3 Å². The van der Waals surface area contributed by atoms with Crippen molar-refractivity contribution >= 4 is 17.6 Å². The summed E-state index contributed by atoms with van der Waals surface area (Å²) in [5, 5.41) is 8.20. The van der Waals surface area contributed by atoms with Crippen LogP contribution in [0.2, 0.25) is 5.02 Å². The summed E-state index contributed by atoms with van der Waals surface area (Å²) in [4.78, 5) is 23.4. The summed E-state index contributed by atoms with van der Waals surface area (Å²) in [6.07, 6.45) is 0.937. The zero-order chi connectivity index (χ0) is 10.0. The van der Waals surface area contributed by atoms with Crippen molar-refractivity contribution in [1.82, 2.24) is 4.98 Å². The lowest BCUT2D eigenvalue weighted by molar-refractivity contribution is 0.0696. The minimum absolute atomic E-state index is 0.311. The number of pyridine rings is 1. The number of alkyl halides is 1. The van der Waals surface area contributed by atoms with Gasteiger partial charge in [0.25, 0.3) is 5.56 Å². The molecule has 13 heavy (non-hydrogen) atoms. The fourth-order valence-corrected chi connectivity index (χ4v) is 1.10. The van der Waals surface area contributed by atoms with Gasteiger partial charge in [-0.2, -0.15) is 0 Å². The predicted molar refractivity (Wildman–Crippen MR) is 43.8 cm³/mol. The molecular formula is C7H5ClFNO3. The number of H-pyrrole nitrogens is 1. The second-order valence-electron chi connectivity index (χ2n) is 2.26. The molecule has 0 aliphatic rings. The SMILES string of the molecule is O=C(O)c1c[nH]c(=O)c(CF)c1Cl. The highest BCUT2D eigenvalue weighted by Gasteiger charge is 2.14. The molecule has 4 nitrogen and oxygen atoms in total. The quantitative estimate of drug-likeness (QED) is 0.762. The third kappa shape index (κ3) is 1.70. The summed E-state index contributed by atoms with van der Waals surface area (Å²) in [6, 6.07) is 0. The molecule has 0 fully saturated rings. The van der Waals surface area contributed by atoms with E-state index in [-0.39, 0.29) is 16.1 Å². The highest BCUT2D eigenvalue weighted by atomic mass is 35.5. The topological polar surface area (TPSA) is 70.2 Å². The van der Waals surface area contributed by atoms with E-state index in [0.29, 0.717) is 0 Å². The Morgan fingerprint density at radius 2 is 2.31 bits per heavy atom. The number of hydrogen-bond acceptors (Lipinski definition) is 2. The van der Waals surface area contributed by atoms with Gasteiger partial charge in [0.05, 0.1) is 16.1 Å². The van der Waals surface area contributed by atoms with Gasteiger partial charge >= 0.3 is 5.97 Å². The standard InChI is InChI=1S/C7H5ClFNO3/c8-5-3(1-9)6(11)10-2-4(5)7(12)13/h2H,1H2,(H,10,11)(H,12,13). The molecule has 0 radical (unpaired) electrons. The van der Waals surface area contributed by atoms with Crippen LogP contribution in [0.4, 0.5) is 4.39 Å². The van der Waals surface area contributed by atoms with Crippen LogP contribution in [0.15, 0.2) is 11.0 Å². The van der Waals surface area contributed by atoms with Crippen molar-refractivity contribution in [3.63, 3.8) is 0 Å². The van der Waals surface area contributed by atoms with Crippen LogP contribution < -0.4 is 5.56 Å². The second-order valence-corrected chi connectivity index (χ2v) is 2.64. The molecule has 2 N–H and O–H groups in total. The molecule has 0 atom stereocenters. The minimum Gasteiger partial charge on any atom is -0.478 e. The Kier molecular flexibility index (Phi) is 2.67. The van der Waals surface area contributed by atoms with Gasteiger partial charge < -0.3 is 10.1 Å². The first kappa shape index (κ1) is 9.73. The van der Waals surface area contributed by atoms with Gasteiger partial charge in [-0.3, -0.25) is 4.79 Å². The van der Waals surface area contributed by atoms with Crippen molar-refractivity contribution in [1.29, 1.82) is 0 Å². The molecule has 0 bridgehead atoms. The highest BCUT2D eigenvalue weighted by molar-refractivity contribution is 6.34. The van der Waals surface area contributed by atoms with Crippen LogP contribution in [-0.4, -0.2) is 16.1 Å². The van der Waals surface area contributed by atoms with Gasteiger partial charge in [0.2, 0.25) is 0 Å². The molecule has 0 spiro atoms. The third-order valence-corrected chi connectivity index (χ3v) is 1.92. The molecular weight excluding hydrogens is 201 g/mol. The van der Waals surface area contributed by atoms with E-state index in [1.54, 1.807) is 0 Å². The smallest absolute Gasteiger partial charge is 0.338 e. The van der Waals surface area contributed by atoms with E-state index in [2.05, 4.69) is 4.98 Å². The summed E-state index contributed by atoms with van der Waals surface area (Å²) in [5.74, 6) is -1.31. The van der Waals surface area contributed by atoms with Crippen molar-refractivity contribution in [3.05, 3.63) is 32.7 Å². The number of nitrogens with one attached hydrogen (secondary N) is 1. The van der Waals surface area contributed by atoms with Gasteiger partial charge in [-0.1, -0.05) is 11.6 Å². The van der Waals surface area contributed by atoms with Crippen LogP contribution in [0, 0.1) is 0 Å². The Balaban J connectivity index is 3.45. The Morgan fingerprint density at radius 1 is 1.69 bits per heavy atom. The van der Waals surface area contributed by atoms with E-state index < -0.39 is 18.2 Å². The predicted octanol–water partition coefficient (Wildman–Crippen LogP) is 1.20.